The van der Waals surface area contributed by atoms with Crippen molar-refractivity contribution in [2.75, 3.05) is 6.61 Å². The van der Waals surface area contributed by atoms with Crippen molar-refractivity contribution < 1.29 is 19.4 Å². The SMILES string of the molecule is CC(C)C[C@H](NC(=O)Cc1ccccc1Sc1ccccc1)C(=O)NC1CCO[C@@H]1O. The number of carbonyl (C=O) groups is 2. The van der Waals surface area contributed by atoms with Crippen molar-refractivity contribution in [1.82, 2.24) is 10.6 Å². The van der Waals surface area contributed by atoms with E-state index in [1.54, 1.807) is 11.8 Å². The largest absolute Gasteiger partial charge is 0.366 e. The van der Waals surface area contributed by atoms with E-state index in [0.717, 1.165) is 15.4 Å². The van der Waals surface area contributed by atoms with Crippen molar-refractivity contribution in [3.63, 3.8) is 0 Å². The first-order valence-corrected chi connectivity index (χ1v) is 11.4. The van der Waals surface area contributed by atoms with Gasteiger partial charge in [0, 0.05) is 9.79 Å². The molecule has 1 saturated heterocycles. The summed E-state index contributed by atoms with van der Waals surface area (Å²) < 4.78 is 5.10. The first-order chi connectivity index (χ1) is 14.9. The summed E-state index contributed by atoms with van der Waals surface area (Å²) in [5.41, 5.74) is 0.914. The maximum absolute atomic E-state index is 12.8. The Hall–Kier alpha value is -2.35. The Balaban J connectivity index is 1.65. The second kappa shape index (κ2) is 11.3. The molecular formula is C24H30N2O4S. The third-order valence-corrected chi connectivity index (χ3v) is 6.17. The van der Waals surface area contributed by atoms with E-state index in [1.165, 1.54) is 0 Å². The van der Waals surface area contributed by atoms with Crippen LogP contribution in [0.25, 0.3) is 0 Å². The number of aliphatic hydroxyl groups excluding tert-OH is 1. The molecule has 0 spiro atoms. The van der Waals surface area contributed by atoms with E-state index in [9.17, 15) is 14.7 Å². The Morgan fingerprint density at radius 1 is 1.13 bits per heavy atom. The van der Waals surface area contributed by atoms with Crippen molar-refractivity contribution in [2.45, 2.75) is 61.3 Å². The van der Waals surface area contributed by atoms with Gasteiger partial charge in [0.1, 0.15) is 6.04 Å². The van der Waals surface area contributed by atoms with Crippen molar-refractivity contribution in [1.29, 1.82) is 0 Å². The molecule has 2 aromatic rings. The molecule has 166 valence electrons. The molecule has 2 aromatic carbocycles. The van der Waals surface area contributed by atoms with Gasteiger partial charge in [0.05, 0.1) is 19.1 Å². The molecule has 3 rings (SSSR count). The summed E-state index contributed by atoms with van der Waals surface area (Å²) in [6.45, 7) is 4.42. The number of aliphatic hydroxyl groups is 1. The van der Waals surface area contributed by atoms with Crippen molar-refractivity contribution >= 4 is 23.6 Å². The number of hydrogen-bond acceptors (Lipinski definition) is 5. The Morgan fingerprint density at radius 2 is 1.84 bits per heavy atom. The molecule has 3 atom stereocenters. The molecule has 0 aliphatic carbocycles. The molecule has 1 heterocycles. The molecule has 0 bridgehead atoms. The number of ether oxygens (including phenoxy) is 1. The molecule has 1 unspecified atom stereocenters. The number of rotatable bonds is 9. The Labute approximate surface area is 187 Å². The molecule has 0 aromatic heterocycles. The zero-order valence-corrected chi connectivity index (χ0v) is 18.7. The molecule has 0 radical (unpaired) electrons. The second-order valence-electron chi connectivity index (χ2n) is 8.11. The summed E-state index contributed by atoms with van der Waals surface area (Å²) in [4.78, 5) is 27.7. The smallest absolute Gasteiger partial charge is 0.242 e. The zero-order valence-electron chi connectivity index (χ0n) is 17.9. The van der Waals surface area contributed by atoms with Crippen LogP contribution in [0.15, 0.2) is 64.4 Å². The standard InChI is InChI=1S/C24H30N2O4S/c1-16(2)14-20(23(28)26-19-12-13-30-24(19)29)25-22(27)15-17-8-6-7-11-21(17)31-18-9-4-3-5-10-18/h3-11,16,19-20,24,29H,12-15H2,1-2H3,(H,25,27)(H,26,28)/t19?,20-,24-/m0/s1. The van der Waals surface area contributed by atoms with Gasteiger partial charge in [-0.15, -0.1) is 0 Å². The van der Waals surface area contributed by atoms with Gasteiger partial charge in [0.15, 0.2) is 6.29 Å². The highest BCUT2D eigenvalue weighted by Gasteiger charge is 2.31. The van der Waals surface area contributed by atoms with Gasteiger partial charge in [-0.3, -0.25) is 9.59 Å². The lowest BCUT2D eigenvalue weighted by atomic mass is 10.0. The minimum Gasteiger partial charge on any atom is -0.366 e. The fourth-order valence-electron chi connectivity index (χ4n) is 3.49. The van der Waals surface area contributed by atoms with Crippen LogP contribution in [0.2, 0.25) is 0 Å². The summed E-state index contributed by atoms with van der Waals surface area (Å²) >= 11 is 1.61. The Kier molecular flexibility index (Phi) is 8.51. The summed E-state index contributed by atoms with van der Waals surface area (Å²) in [6, 6.07) is 16.7. The summed E-state index contributed by atoms with van der Waals surface area (Å²) in [7, 11) is 0. The number of amides is 2. The van der Waals surface area contributed by atoms with E-state index in [2.05, 4.69) is 10.6 Å². The first-order valence-electron chi connectivity index (χ1n) is 10.6. The molecule has 1 aliphatic heterocycles. The maximum Gasteiger partial charge on any atom is 0.242 e. The number of carbonyl (C=O) groups excluding carboxylic acids is 2. The lowest BCUT2D eigenvalue weighted by molar-refractivity contribution is -0.131. The minimum atomic E-state index is -0.999. The van der Waals surface area contributed by atoms with Gasteiger partial charge >= 0.3 is 0 Å². The Bertz CT molecular complexity index is 875. The van der Waals surface area contributed by atoms with E-state index < -0.39 is 18.4 Å². The molecule has 6 nitrogen and oxygen atoms in total. The molecule has 0 saturated carbocycles. The monoisotopic (exact) mass is 442 g/mol. The highest BCUT2D eigenvalue weighted by atomic mass is 32.2. The zero-order chi connectivity index (χ0) is 22.2. The van der Waals surface area contributed by atoms with Gasteiger partial charge in [0.25, 0.3) is 0 Å². The summed E-state index contributed by atoms with van der Waals surface area (Å²) in [5, 5.41) is 15.5. The third kappa shape index (κ3) is 7.09. The predicted octanol–water partition coefficient (Wildman–Crippen LogP) is 3.13. The van der Waals surface area contributed by atoms with Crippen LogP contribution in [0, 0.1) is 5.92 Å². The van der Waals surface area contributed by atoms with E-state index in [1.807, 2.05) is 68.4 Å². The van der Waals surface area contributed by atoms with E-state index >= 15 is 0 Å². The molecule has 2 amide bonds. The fourth-order valence-corrected chi connectivity index (χ4v) is 4.45. The van der Waals surface area contributed by atoms with Crippen LogP contribution in [0.1, 0.15) is 32.3 Å². The molecular weight excluding hydrogens is 412 g/mol. The second-order valence-corrected chi connectivity index (χ2v) is 9.23. The van der Waals surface area contributed by atoms with Gasteiger partial charge in [-0.2, -0.15) is 0 Å². The van der Waals surface area contributed by atoms with Gasteiger partial charge < -0.3 is 20.5 Å². The highest BCUT2D eigenvalue weighted by Crippen LogP contribution is 2.30. The van der Waals surface area contributed by atoms with Crippen molar-refractivity contribution in [3.8, 4) is 0 Å². The van der Waals surface area contributed by atoms with Crippen LogP contribution in [-0.4, -0.2) is 41.9 Å². The van der Waals surface area contributed by atoms with E-state index in [4.69, 9.17) is 4.74 Å². The first kappa shape index (κ1) is 23.3. The van der Waals surface area contributed by atoms with Gasteiger partial charge in [-0.25, -0.2) is 0 Å². The maximum atomic E-state index is 12.8. The topological polar surface area (TPSA) is 87.7 Å². The average Bonchev–Trinajstić information content (AvgIpc) is 3.14. The van der Waals surface area contributed by atoms with Gasteiger partial charge in [-0.05, 0) is 42.5 Å². The van der Waals surface area contributed by atoms with Crippen LogP contribution in [0.5, 0.6) is 0 Å². The molecule has 1 fully saturated rings. The normalized spacial score (nSPS) is 19.2. The van der Waals surface area contributed by atoms with E-state index in [0.29, 0.717) is 19.4 Å². The highest BCUT2D eigenvalue weighted by molar-refractivity contribution is 7.99. The predicted molar refractivity (Wildman–Crippen MR) is 121 cm³/mol. The van der Waals surface area contributed by atoms with Gasteiger partial charge in [0.2, 0.25) is 11.8 Å². The third-order valence-electron chi connectivity index (χ3n) is 5.04. The molecule has 31 heavy (non-hydrogen) atoms. The van der Waals surface area contributed by atoms with E-state index in [-0.39, 0.29) is 24.2 Å². The van der Waals surface area contributed by atoms with Crippen LogP contribution in [-0.2, 0) is 20.7 Å². The molecule has 3 N–H and O–H groups in total. The lowest BCUT2D eigenvalue weighted by Crippen LogP contribution is -2.52. The van der Waals surface area contributed by atoms with Crippen molar-refractivity contribution in [2.24, 2.45) is 5.92 Å². The molecule has 1 aliphatic rings. The van der Waals surface area contributed by atoms with Crippen LogP contribution in [0.3, 0.4) is 0 Å². The number of nitrogens with one attached hydrogen (secondary N) is 2. The van der Waals surface area contributed by atoms with Crippen LogP contribution < -0.4 is 10.6 Å². The van der Waals surface area contributed by atoms with Crippen LogP contribution >= 0.6 is 11.8 Å². The quantitative estimate of drug-likeness (QED) is 0.555. The lowest BCUT2D eigenvalue weighted by Gasteiger charge is -2.23. The number of hydrogen-bond donors (Lipinski definition) is 3. The summed E-state index contributed by atoms with van der Waals surface area (Å²) in [5.74, 6) is -0.268. The van der Waals surface area contributed by atoms with Gasteiger partial charge in [-0.1, -0.05) is 62.0 Å². The number of benzene rings is 2. The molecule has 7 heteroatoms. The fraction of sp³-hybridized carbons (Fsp3) is 0.417. The van der Waals surface area contributed by atoms with Crippen molar-refractivity contribution in [3.05, 3.63) is 60.2 Å². The summed E-state index contributed by atoms with van der Waals surface area (Å²) in [6.07, 6.45) is 0.259. The average molecular weight is 443 g/mol. The Morgan fingerprint density at radius 3 is 2.52 bits per heavy atom. The minimum absolute atomic E-state index is 0.188. The van der Waals surface area contributed by atoms with Crippen LogP contribution in [0.4, 0.5) is 0 Å².